The lowest BCUT2D eigenvalue weighted by Crippen LogP contribution is -2.38. The van der Waals surface area contributed by atoms with Gasteiger partial charge in [0, 0.05) is 13.1 Å². The Morgan fingerprint density at radius 3 is 2.42 bits per heavy atom. The fourth-order valence-corrected chi connectivity index (χ4v) is 1.94. The molecule has 104 valence electrons. The minimum absolute atomic E-state index is 0.0208. The smallest absolute Gasteiger partial charge is 0.300 e. The van der Waals surface area contributed by atoms with Crippen LogP contribution in [0.5, 0.6) is 0 Å². The summed E-state index contributed by atoms with van der Waals surface area (Å²) in [5.41, 5.74) is -0.315. The Balaban J connectivity index is 3.20. The summed E-state index contributed by atoms with van der Waals surface area (Å²) < 4.78 is 0. The van der Waals surface area contributed by atoms with Gasteiger partial charge in [-0.15, -0.1) is 0 Å². The third-order valence-electron chi connectivity index (χ3n) is 3.30. The number of benzene rings is 1. The molecule has 0 saturated carbocycles. The highest BCUT2D eigenvalue weighted by Crippen LogP contribution is 2.29. The molecule has 0 fully saturated rings. The second-order valence-electron chi connectivity index (χ2n) is 4.79. The lowest BCUT2D eigenvalue weighted by Gasteiger charge is -2.28. The van der Waals surface area contributed by atoms with E-state index in [4.69, 9.17) is 11.6 Å². The van der Waals surface area contributed by atoms with E-state index >= 15 is 0 Å². The SMILES string of the molecule is CC(C)C(C)N(C)C(=O)c1cccc(Cl)c1[N+](=O)[O-]. The summed E-state index contributed by atoms with van der Waals surface area (Å²) in [5.74, 6) is -0.136. The molecular weight excluding hydrogens is 268 g/mol. The Hall–Kier alpha value is -1.62. The number of para-hydroxylation sites is 1. The lowest BCUT2D eigenvalue weighted by atomic mass is 10.0. The number of rotatable bonds is 4. The van der Waals surface area contributed by atoms with Gasteiger partial charge in [-0.2, -0.15) is 0 Å². The number of nitro benzene ring substituents is 1. The number of carbonyl (C=O) groups is 1. The first-order valence-corrected chi connectivity index (χ1v) is 6.35. The second-order valence-corrected chi connectivity index (χ2v) is 5.20. The molecular formula is C13H17ClN2O3. The van der Waals surface area contributed by atoms with Gasteiger partial charge in [-0.05, 0) is 25.0 Å². The van der Waals surface area contributed by atoms with Crippen LogP contribution in [0.2, 0.25) is 5.02 Å². The predicted octanol–water partition coefficient (Wildman–Crippen LogP) is 3.36. The van der Waals surface area contributed by atoms with Gasteiger partial charge in [-0.1, -0.05) is 31.5 Å². The van der Waals surface area contributed by atoms with Gasteiger partial charge in [0.05, 0.1) is 4.92 Å². The van der Waals surface area contributed by atoms with Gasteiger partial charge in [0.1, 0.15) is 10.6 Å². The molecule has 19 heavy (non-hydrogen) atoms. The molecule has 1 atom stereocenters. The van der Waals surface area contributed by atoms with E-state index in [1.54, 1.807) is 7.05 Å². The van der Waals surface area contributed by atoms with E-state index in [2.05, 4.69) is 0 Å². The van der Waals surface area contributed by atoms with Crippen LogP contribution in [0.25, 0.3) is 0 Å². The highest BCUT2D eigenvalue weighted by Gasteiger charge is 2.28. The quantitative estimate of drug-likeness (QED) is 0.629. The standard InChI is InChI=1S/C13H17ClN2O3/c1-8(2)9(3)15(4)13(17)10-6-5-7-11(14)12(10)16(18)19/h5-9H,1-4H3. The molecule has 0 aliphatic rings. The molecule has 1 unspecified atom stereocenters. The molecule has 0 spiro atoms. The number of nitrogens with zero attached hydrogens (tertiary/aromatic N) is 2. The molecule has 6 heteroatoms. The van der Waals surface area contributed by atoms with E-state index in [1.807, 2.05) is 20.8 Å². The van der Waals surface area contributed by atoms with Gasteiger partial charge >= 0.3 is 5.69 Å². The van der Waals surface area contributed by atoms with Crippen molar-refractivity contribution in [2.24, 2.45) is 5.92 Å². The van der Waals surface area contributed by atoms with Crippen LogP contribution in [0, 0.1) is 16.0 Å². The third-order valence-corrected chi connectivity index (χ3v) is 3.60. The van der Waals surface area contributed by atoms with Gasteiger partial charge in [0.15, 0.2) is 0 Å². The fraction of sp³-hybridized carbons (Fsp3) is 0.462. The van der Waals surface area contributed by atoms with Crippen LogP contribution in [0.4, 0.5) is 5.69 Å². The van der Waals surface area contributed by atoms with Crippen LogP contribution < -0.4 is 0 Å². The summed E-state index contributed by atoms with van der Waals surface area (Å²) in [4.78, 5) is 24.2. The van der Waals surface area contributed by atoms with Crippen LogP contribution in [0.3, 0.4) is 0 Å². The van der Waals surface area contributed by atoms with E-state index in [0.717, 1.165) is 0 Å². The molecule has 0 N–H and O–H groups in total. The van der Waals surface area contributed by atoms with Crippen LogP contribution in [0.1, 0.15) is 31.1 Å². The van der Waals surface area contributed by atoms with Crippen molar-refractivity contribution in [3.63, 3.8) is 0 Å². The third kappa shape index (κ3) is 3.23. The van der Waals surface area contributed by atoms with E-state index in [-0.39, 0.29) is 28.2 Å². The number of carbonyl (C=O) groups excluding carboxylic acids is 1. The molecule has 0 aliphatic heterocycles. The van der Waals surface area contributed by atoms with Crippen LogP contribution >= 0.6 is 11.6 Å². The maximum absolute atomic E-state index is 12.3. The van der Waals surface area contributed by atoms with Crippen molar-refractivity contribution in [1.29, 1.82) is 0 Å². The minimum Gasteiger partial charge on any atom is -0.339 e. The highest BCUT2D eigenvalue weighted by atomic mass is 35.5. The van der Waals surface area contributed by atoms with Crippen molar-refractivity contribution in [2.45, 2.75) is 26.8 Å². The van der Waals surface area contributed by atoms with Crippen molar-refractivity contribution in [1.82, 2.24) is 4.90 Å². The molecule has 0 heterocycles. The van der Waals surface area contributed by atoms with Crippen LogP contribution in [-0.2, 0) is 0 Å². The van der Waals surface area contributed by atoms with E-state index in [1.165, 1.54) is 23.1 Å². The average Bonchev–Trinajstić information content (AvgIpc) is 2.35. The maximum atomic E-state index is 12.3. The minimum atomic E-state index is -0.622. The van der Waals surface area contributed by atoms with Crippen molar-refractivity contribution < 1.29 is 9.72 Å². The molecule has 1 aromatic rings. The summed E-state index contributed by atoms with van der Waals surface area (Å²) >= 11 is 5.80. The number of amides is 1. The van der Waals surface area contributed by atoms with Gasteiger partial charge in [-0.3, -0.25) is 14.9 Å². The molecule has 1 amide bonds. The summed E-state index contributed by atoms with van der Waals surface area (Å²) in [5, 5.41) is 11.0. The van der Waals surface area contributed by atoms with E-state index in [9.17, 15) is 14.9 Å². The summed E-state index contributed by atoms with van der Waals surface area (Å²) in [6.45, 7) is 5.88. The second kappa shape index (κ2) is 6.02. The van der Waals surface area contributed by atoms with Crippen molar-refractivity contribution in [2.75, 3.05) is 7.05 Å². The Kier molecular flexibility index (Phi) is 4.89. The molecule has 0 saturated heterocycles. The molecule has 0 bridgehead atoms. The topological polar surface area (TPSA) is 63.5 Å². The summed E-state index contributed by atoms with van der Waals surface area (Å²) in [7, 11) is 1.64. The number of nitro groups is 1. The molecule has 5 nitrogen and oxygen atoms in total. The first-order valence-electron chi connectivity index (χ1n) is 5.97. The van der Waals surface area contributed by atoms with Gasteiger partial charge in [0.25, 0.3) is 5.91 Å². The molecule has 1 aromatic carbocycles. The first-order chi connectivity index (χ1) is 8.77. The monoisotopic (exact) mass is 284 g/mol. The van der Waals surface area contributed by atoms with E-state index in [0.29, 0.717) is 0 Å². The average molecular weight is 285 g/mol. The zero-order chi connectivity index (χ0) is 14.7. The fourth-order valence-electron chi connectivity index (χ4n) is 1.70. The van der Waals surface area contributed by atoms with Gasteiger partial charge < -0.3 is 4.90 Å². The highest BCUT2D eigenvalue weighted by molar-refractivity contribution is 6.33. The van der Waals surface area contributed by atoms with Crippen LogP contribution in [0.15, 0.2) is 18.2 Å². The molecule has 0 aromatic heterocycles. The molecule has 0 aliphatic carbocycles. The van der Waals surface area contributed by atoms with Crippen LogP contribution in [-0.4, -0.2) is 28.8 Å². The zero-order valence-corrected chi connectivity index (χ0v) is 12.1. The maximum Gasteiger partial charge on any atom is 0.300 e. The summed E-state index contributed by atoms with van der Waals surface area (Å²) in [6.07, 6.45) is 0. The van der Waals surface area contributed by atoms with Crippen molar-refractivity contribution in [3.05, 3.63) is 38.9 Å². The number of hydrogen-bond donors (Lipinski definition) is 0. The predicted molar refractivity (Wildman–Crippen MR) is 74.5 cm³/mol. The first kappa shape index (κ1) is 15.4. The van der Waals surface area contributed by atoms with E-state index < -0.39 is 10.8 Å². The molecule has 1 rings (SSSR count). The summed E-state index contributed by atoms with van der Waals surface area (Å²) in [6, 6.07) is 4.35. The Morgan fingerprint density at radius 2 is 1.95 bits per heavy atom. The Bertz CT molecular complexity index is 503. The van der Waals surface area contributed by atoms with Gasteiger partial charge in [-0.25, -0.2) is 0 Å². The van der Waals surface area contributed by atoms with Crippen molar-refractivity contribution in [3.8, 4) is 0 Å². The van der Waals surface area contributed by atoms with Gasteiger partial charge in [0.2, 0.25) is 0 Å². The normalized spacial score (nSPS) is 12.3. The molecule has 0 radical (unpaired) electrons. The zero-order valence-electron chi connectivity index (χ0n) is 11.4. The Labute approximate surface area is 117 Å². The van der Waals surface area contributed by atoms with Crippen molar-refractivity contribution >= 4 is 23.2 Å². The Morgan fingerprint density at radius 1 is 1.37 bits per heavy atom. The lowest BCUT2D eigenvalue weighted by molar-refractivity contribution is -0.385. The largest absolute Gasteiger partial charge is 0.339 e. The number of halogens is 1. The number of hydrogen-bond acceptors (Lipinski definition) is 3.